The highest BCUT2D eigenvalue weighted by molar-refractivity contribution is 5.93. The van der Waals surface area contributed by atoms with Crippen molar-refractivity contribution >= 4 is 17.5 Å². The zero-order chi connectivity index (χ0) is 18.6. The van der Waals surface area contributed by atoms with Crippen LogP contribution < -0.4 is 10.6 Å². The Morgan fingerprint density at radius 3 is 2.48 bits per heavy atom. The Labute approximate surface area is 144 Å². The Balaban J connectivity index is 1.88. The largest absolute Gasteiger partial charge is 0.352 e. The number of nitrogens with one attached hydrogen (secondary N) is 2. The maximum Gasteiger partial charge on any atom is 0.238 e. The van der Waals surface area contributed by atoms with Crippen molar-refractivity contribution in [1.82, 2.24) is 10.2 Å². The number of benzene rings is 1. The van der Waals surface area contributed by atoms with Crippen molar-refractivity contribution in [2.24, 2.45) is 0 Å². The zero-order valence-corrected chi connectivity index (χ0v) is 14.2. The number of hydrogen-bond acceptors (Lipinski definition) is 3. The average molecular weight is 357 g/mol. The van der Waals surface area contributed by atoms with Crippen LogP contribution in [0.4, 0.5) is 18.9 Å². The lowest BCUT2D eigenvalue weighted by atomic mass is 10.2. The van der Waals surface area contributed by atoms with Gasteiger partial charge >= 0.3 is 0 Å². The molecule has 2 amide bonds. The third-order valence-electron chi connectivity index (χ3n) is 4.44. The summed E-state index contributed by atoms with van der Waals surface area (Å²) < 4.78 is 39.6. The fraction of sp³-hybridized carbons (Fsp3) is 0.529. The van der Waals surface area contributed by atoms with Gasteiger partial charge in [-0.2, -0.15) is 0 Å². The van der Waals surface area contributed by atoms with Gasteiger partial charge in [-0.3, -0.25) is 14.5 Å². The molecule has 1 aliphatic rings. The molecule has 1 aromatic rings. The van der Waals surface area contributed by atoms with Gasteiger partial charge in [0.1, 0.15) is 0 Å². The minimum atomic E-state index is -1.64. The van der Waals surface area contributed by atoms with Crippen LogP contribution >= 0.6 is 0 Å². The summed E-state index contributed by atoms with van der Waals surface area (Å²) in [6, 6.07) is 1.30. The summed E-state index contributed by atoms with van der Waals surface area (Å²) >= 11 is 0. The van der Waals surface area contributed by atoms with Gasteiger partial charge in [0.05, 0.1) is 18.3 Å². The first-order valence-corrected chi connectivity index (χ1v) is 8.23. The number of amides is 2. The molecule has 1 aliphatic carbocycles. The monoisotopic (exact) mass is 357 g/mol. The van der Waals surface area contributed by atoms with Gasteiger partial charge in [-0.25, -0.2) is 13.2 Å². The topological polar surface area (TPSA) is 61.4 Å². The first-order valence-electron chi connectivity index (χ1n) is 8.23. The molecule has 25 heavy (non-hydrogen) atoms. The second-order valence-corrected chi connectivity index (χ2v) is 6.35. The second kappa shape index (κ2) is 8.33. The molecule has 1 fully saturated rings. The molecule has 1 atom stereocenters. The molecular formula is C17H22F3N3O2. The number of hydrogen-bond donors (Lipinski definition) is 2. The van der Waals surface area contributed by atoms with Gasteiger partial charge in [0, 0.05) is 6.04 Å². The highest BCUT2D eigenvalue weighted by atomic mass is 19.2. The lowest BCUT2D eigenvalue weighted by molar-refractivity contribution is -0.127. The maximum atomic E-state index is 13.6. The Hall–Kier alpha value is -2.09. The molecule has 138 valence electrons. The van der Waals surface area contributed by atoms with Crippen molar-refractivity contribution in [1.29, 1.82) is 0 Å². The van der Waals surface area contributed by atoms with Crippen LogP contribution in [0.15, 0.2) is 12.1 Å². The van der Waals surface area contributed by atoms with Crippen LogP contribution in [-0.2, 0) is 9.59 Å². The van der Waals surface area contributed by atoms with Gasteiger partial charge in [0.2, 0.25) is 11.8 Å². The van der Waals surface area contributed by atoms with E-state index < -0.39 is 35.1 Å². The van der Waals surface area contributed by atoms with E-state index in [1.807, 2.05) is 0 Å². The summed E-state index contributed by atoms with van der Waals surface area (Å²) in [6.07, 6.45) is 4.10. The third-order valence-corrected chi connectivity index (χ3v) is 4.44. The Bertz CT molecular complexity index is 648. The summed E-state index contributed by atoms with van der Waals surface area (Å²) in [6.45, 7) is 1.47. The summed E-state index contributed by atoms with van der Waals surface area (Å²) in [5.74, 6) is -5.24. The van der Waals surface area contributed by atoms with Crippen LogP contribution in [0.2, 0.25) is 0 Å². The molecule has 2 rings (SSSR count). The van der Waals surface area contributed by atoms with Crippen LogP contribution in [0.25, 0.3) is 0 Å². The molecule has 1 saturated carbocycles. The Morgan fingerprint density at radius 1 is 1.20 bits per heavy atom. The summed E-state index contributed by atoms with van der Waals surface area (Å²) in [4.78, 5) is 25.7. The van der Waals surface area contributed by atoms with Gasteiger partial charge in [-0.1, -0.05) is 12.8 Å². The smallest absolute Gasteiger partial charge is 0.238 e. The summed E-state index contributed by atoms with van der Waals surface area (Å²) in [7, 11) is 1.58. The van der Waals surface area contributed by atoms with Crippen LogP contribution in [0.3, 0.4) is 0 Å². The van der Waals surface area contributed by atoms with Crippen LogP contribution in [0.5, 0.6) is 0 Å². The number of anilines is 1. The highest BCUT2D eigenvalue weighted by Gasteiger charge is 2.24. The third kappa shape index (κ3) is 4.94. The minimum absolute atomic E-state index is 0.175. The van der Waals surface area contributed by atoms with E-state index in [2.05, 4.69) is 10.6 Å². The number of rotatable bonds is 6. The van der Waals surface area contributed by atoms with Crippen LogP contribution in [0, 0.1) is 17.5 Å². The number of nitrogens with zero attached hydrogens (tertiary/aromatic N) is 1. The maximum absolute atomic E-state index is 13.6. The van der Waals surface area contributed by atoms with Crippen LogP contribution in [0.1, 0.15) is 32.6 Å². The van der Waals surface area contributed by atoms with E-state index in [0.29, 0.717) is 0 Å². The van der Waals surface area contributed by atoms with E-state index in [1.165, 1.54) is 4.90 Å². The van der Waals surface area contributed by atoms with Crippen molar-refractivity contribution in [3.63, 3.8) is 0 Å². The van der Waals surface area contributed by atoms with Gasteiger partial charge in [-0.15, -0.1) is 0 Å². The van der Waals surface area contributed by atoms with E-state index in [1.54, 1.807) is 14.0 Å². The van der Waals surface area contributed by atoms with E-state index in [-0.39, 0.29) is 18.5 Å². The Morgan fingerprint density at radius 2 is 1.84 bits per heavy atom. The van der Waals surface area contributed by atoms with Crippen molar-refractivity contribution in [2.45, 2.75) is 44.7 Å². The van der Waals surface area contributed by atoms with Gasteiger partial charge in [0.25, 0.3) is 0 Å². The minimum Gasteiger partial charge on any atom is -0.352 e. The molecule has 0 heterocycles. The standard InChI is InChI=1S/C17H22F3N3O2/c1-10(17(25)21-11-5-3-4-6-11)23(2)9-14(24)22-13-8-7-12(18)15(19)16(13)20/h7-8,10-11H,3-6,9H2,1-2H3,(H,21,25)(H,22,24)/t10-/m1/s1. The molecule has 2 N–H and O–H groups in total. The number of halogens is 3. The van der Waals surface area contributed by atoms with E-state index in [9.17, 15) is 22.8 Å². The molecular weight excluding hydrogens is 335 g/mol. The second-order valence-electron chi connectivity index (χ2n) is 6.35. The summed E-state index contributed by atoms with van der Waals surface area (Å²) in [5.41, 5.74) is -0.444. The Kier molecular flexibility index (Phi) is 6.41. The lowest BCUT2D eigenvalue weighted by Crippen LogP contribution is -2.48. The molecule has 0 unspecified atom stereocenters. The zero-order valence-electron chi connectivity index (χ0n) is 14.2. The number of likely N-dealkylation sites (N-methyl/N-ethyl adjacent to an activating group) is 1. The molecule has 5 nitrogen and oxygen atoms in total. The fourth-order valence-electron chi connectivity index (χ4n) is 2.77. The molecule has 0 aromatic heterocycles. The van der Waals surface area contributed by atoms with Crippen molar-refractivity contribution in [3.05, 3.63) is 29.6 Å². The van der Waals surface area contributed by atoms with Crippen molar-refractivity contribution < 1.29 is 22.8 Å². The molecule has 8 heteroatoms. The molecule has 0 bridgehead atoms. The van der Waals surface area contributed by atoms with E-state index >= 15 is 0 Å². The quantitative estimate of drug-likeness (QED) is 0.769. The summed E-state index contributed by atoms with van der Waals surface area (Å²) in [5, 5.41) is 5.12. The van der Waals surface area contributed by atoms with Crippen molar-refractivity contribution in [3.8, 4) is 0 Å². The predicted molar refractivity (Wildman–Crippen MR) is 87.4 cm³/mol. The van der Waals surface area contributed by atoms with Gasteiger partial charge in [-0.05, 0) is 38.9 Å². The SMILES string of the molecule is C[C@H](C(=O)NC1CCCC1)N(C)CC(=O)Nc1ccc(F)c(F)c1F. The van der Waals surface area contributed by atoms with Crippen LogP contribution in [-0.4, -0.2) is 42.4 Å². The first kappa shape index (κ1) is 19.2. The fourth-order valence-corrected chi connectivity index (χ4v) is 2.77. The molecule has 0 spiro atoms. The predicted octanol–water partition coefficient (Wildman–Crippen LogP) is 2.42. The first-order chi connectivity index (χ1) is 11.8. The average Bonchev–Trinajstić information content (AvgIpc) is 3.07. The van der Waals surface area contributed by atoms with Crippen molar-refractivity contribution in [2.75, 3.05) is 18.9 Å². The van der Waals surface area contributed by atoms with E-state index in [4.69, 9.17) is 0 Å². The normalized spacial score (nSPS) is 16.1. The van der Waals surface area contributed by atoms with Gasteiger partial charge < -0.3 is 10.6 Å². The van der Waals surface area contributed by atoms with E-state index in [0.717, 1.165) is 37.8 Å². The highest BCUT2D eigenvalue weighted by Crippen LogP contribution is 2.20. The number of carbonyl (C=O) groups excluding carboxylic acids is 2. The number of carbonyl (C=O) groups is 2. The molecule has 0 saturated heterocycles. The molecule has 0 aliphatic heterocycles. The lowest BCUT2D eigenvalue weighted by Gasteiger charge is -2.25. The molecule has 0 radical (unpaired) electrons. The van der Waals surface area contributed by atoms with Gasteiger partial charge in [0.15, 0.2) is 17.5 Å². The molecule has 1 aromatic carbocycles.